The van der Waals surface area contributed by atoms with Crippen molar-refractivity contribution in [1.82, 2.24) is 0 Å². The van der Waals surface area contributed by atoms with Crippen molar-refractivity contribution < 1.29 is 4.39 Å². The average Bonchev–Trinajstić information content (AvgIpc) is 2.33. The molecule has 1 unspecified atom stereocenters. The second-order valence-electron chi connectivity index (χ2n) is 4.19. The highest BCUT2D eigenvalue weighted by atomic mass is 35.5. The third-order valence-corrected chi connectivity index (χ3v) is 3.78. The molecule has 0 bridgehead atoms. The zero-order valence-corrected chi connectivity index (χ0v) is 12.1. The molecule has 2 rings (SSSR count). The van der Waals surface area contributed by atoms with E-state index in [1.54, 1.807) is 24.3 Å². The summed E-state index contributed by atoms with van der Waals surface area (Å²) in [7, 11) is 0. The molecule has 0 aromatic heterocycles. The van der Waals surface area contributed by atoms with E-state index in [0.717, 1.165) is 5.56 Å². The molecule has 0 aliphatic rings. The lowest BCUT2D eigenvalue weighted by Crippen LogP contribution is -2.14. The maximum absolute atomic E-state index is 13.4. The zero-order chi connectivity index (χ0) is 14.0. The molecular weight excluding hydrogens is 308 g/mol. The van der Waals surface area contributed by atoms with Gasteiger partial charge in [0.2, 0.25) is 0 Å². The summed E-state index contributed by atoms with van der Waals surface area (Å²) in [5, 5.41) is 1.11. The third kappa shape index (κ3) is 3.40. The summed E-state index contributed by atoms with van der Waals surface area (Å²) in [6.45, 7) is 0. The van der Waals surface area contributed by atoms with E-state index in [9.17, 15) is 4.39 Å². The fraction of sp³-hybridized carbons (Fsp3) is 0.143. The Balaban J connectivity index is 2.25. The van der Waals surface area contributed by atoms with Gasteiger partial charge < -0.3 is 5.73 Å². The predicted octanol–water partition coefficient (Wildman–Crippen LogP) is 5.03. The molecule has 2 aromatic carbocycles. The first kappa shape index (κ1) is 14.6. The van der Waals surface area contributed by atoms with Gasteiger partial charge in [0.1, 0.15) is 5.82 Å². The summed E-state index contributed by atoms with van der Waals surface area (Å²) in [6.07, 6.45) is 0.428. The van der Waals surface area contributed by atoms with Gasteiger partial charge in [-0.3, -0.25) is 0 Å². The van der Waals surface area contributed by atoms with Crippen LogP contribution in [0.2, 0.25) is 15.1 Å². The van der Waals surface area contributed by atoms with Crippen molar-refractivity contribution >= 4 is 34.8 Å². The van der Waals surface area contributed by atoms with Crippen LogP contribution in [0.25, 0.3) is 0 Å². The predicted molar refractivity (Wildman–Crippen MR) is 78.5 cm³/mol. The summed E-state index contributed by atoms with van der Waals surface area (Å²) in [5.74, 6) is -0.461. The van der Waals surface area contributed by atoms with Crippen LogP contribution in [-0.2, 0) is 6.42 Å². The molecule has 19 heavy (non-hydrogen) atoms. The van der Waals surface area contributed by atoms with Crippen LogP contribution in [0.5, 0.6) is 0 Å². The minimum Gasteiger partial charge on any atom is -0.324 e. The van der Waals surface area contributed by atoms with Gasteiger partial charge in [-0.25, -0.2) is 4.39 Å². The Morgan fingerprint density at radius 1 is 1.00 bits per heavy atom. The average molecular weight is 319 g/mol. The molecule has 2 aromatic rings. The van der Waals surface area contributed by atoms with Crippen molar-refractivity contribution in [3.05, 3.63) is 68.4 Å². The van der Waals surface area contributed by atoms with Gasteiger partial charge in [-0.1, -0.05) is 46.9 Å². The van der Waals surface area contributed by atoms with Gasteiger partial charge in [-0.15, -0.1) is 0 Å². The lowest BCUT2D eigenvalue weighted by atomic mass is 9.99. The van der Waals surface area contributed by atoms with Gasteiger partial charge in [0, 0.05) is 21.7 Å². The van der Waals surface area contributed by atoms with Crippen LogP contribution in [-0.4, -0.2) is 0 Å². The first-order valence-corrected chi connectivity index (χ1v) is 6.76. The standard InChI is InChI=1S/C14H11Cl3FN/c15-9-5-4-8(6-12(9)18)7-13(19)14-10(16)2-1-3-11(14)17/h1-6,13H,7,19H2. The molecule has 0 spiro atoms. The van der Waals surface area contributed by atoms with Crippen LogP contribution in [0.4, 0.5) is 4.39 Å². The second kappa shape index (κ2) is 6.10. The zero-order valence-electron chi connectivity index (χ0n) is 9.84. The number of hydrogen-bond donors (Lipinski definition) is 1. The molecule has 0 fully saturated rings. The summed E-state index contributed by atoms with van der Waals surface area (Å²) in [5.41, 5.74) is 7.50. The number of benzene rings is 2. The van der Waals surface area contributed by atoms with Crippen LogP contribution in [0.1, 0.15) is 17.2 Å². The molecule has 0 aliphatic heterocycles. The van der Waals surface area contributed by atoms with Crippen molar-refractivity contribution in [1.29, 1.82) is 0 Å². The SMILES string of the molecule is NC(Cc1ccc(Cl)c(F)c1)c1c(Cl)cccc1Cl. The van der Waals surface area contributed by atoms with E-state index in [1.807, 2.05) is 0 Å². The van der Waals surface area contributed by atoms with Crippen LogP contribution < -0.4 is 5.73 Å². The van der Waals surface area contributed by atoms with Crippen molar-refractivity contribution in [3.63, 3.8) is 0 Å². The van der Waals surface area contributed by atoms with Gasteiger partial charge in [-0.05, 0) is 36.2 Å². The molecule has 0 heterocycles. The third-order valence-electron chi connectivity index (χ3n) is 2.81. The Bertz CT molecular complexity index is 581. The van der Waals surface area contributed by atoms with E-state index in [4.69, 9.17) is 40.5 Å². The fourth-order valence-corrected chi connectivity index (χ4v) is 2.68. The number of rotatable bonds is 3. The van der Waals surface area contributed by atoms with Crippen molar-refractivity contribution in [2.75, 3.05) is 0 Å². The molecular formula is C14H11Cl3FN. The Morgan fingerprint density at radius 2 is 1.63 bits per heavy atom. The normalized spacial score (nSPS) is 12.5. The molecule has 0 aliphatic carbocycles. The van der Waals surface area contributed by atoms with E-state index in [0.29, 0.717) is 22.0 Å². The van der Waals surface area contributed by atoms with Crippen molar-refractivity contribution in [2.24, 2.45) is 5.73 Å². The molecule has 2 N–H and O–H groups in total. The van der Waals surface area contributed by atoms with E-state index in [-0.39, 0.29) is 5.02 Å². The van der Waals surface area contributed by atoms with E-state index >= 15 is 0 Å². The largest absolute Gasteiger partial charge is 0.324 e. The summed E-state index contributed by atoms with van der Waals surface area (Å²) < 4.78 is 13.4. The van der Waals surface area contributed by atoms with Crippen LogP contribution in [0.3, 0.4) is 0 Å². The number of halogens is 4. The maximum Gasteiger partial charge on any atom is 0.142 e. The molecule has 0 radical (unpaired) electrons. The molecule has 0 saturated heterocycles. The molecule has 1 atom stereocenters. The summed E-state index contributed by atoms with van der Waals surface area (Å²) in [4.78, 5) is 0. The molecule has 100 valence electrons. The Hall–Kier alpha value is -0.800. The molecule has 5 heteroatoms. The fourth-order valence-electron chi connectivity index (χ4n) is 1.89. The smallest absolute Gasteiger partial charge is 0.142 e. The van der Waals surface area contributed by atoms with E-state index in [1.165, 1.54) is 12.1 Å². The quantitative estimate of drug-likeness (QED) is 0.844. The molecule has 0 saturated carbocycles. The Kier molecular flexibility index (Phi) is 4.69. The first-order valence-electron chi connectivity index (χ1n) is 5.62. The highest BCUT2D eigenvalue weighted by molar-refractivity contribution is 6.36. The van der Waals surface area contributed by atoms with E-state index < -0.39 is 11.9 Å². The molecule has 1 nitrogen and oxygen atoms in total. The highest BCUT2D eigenvalue weighted by Gasteiger charge is 2.15. The minimum atomic E-state index is -0.461. The van der Waals surface area contributed by atoms with Gasteiger partial charge in [-0.2, -0.15) is 0 Å². The number of hydrogen-bond acceptors (Lipinski definition) is 1. The van der Waals surface area contributed by atoms with E-state index in [2.05, 4.69) is 0 Å². The van der Waals surface area contributed by atoms with Crippen molar-refractivity contribution in [3.8, 4) is 0 Å². The van der Waals surface area contributed by atoms with Gasteiger partial charge in [0.25, 0.3) is 0 Å². The maximum atomic E-state index is 13.4. The summed E-state index contributed by atoms with van der Waals surface area (Å²) >= 11 is 17.8. The highest BCUT2D eigenvalue weighted by Crippen LogP contribution is 2.31. The summed E-state index contributed by atoms with van der Waals surface area (Å²) in [6, 6.07) is 9.41. The first-order chi connectivity index (χ1) is 8.99. The Morgan fingerprint density at radius 3 is 2.21 bits per heavy atom. The monoisotopic (exact) mass is 317 g/mol. The second-order valence-corrected chi connectivity index (χ2v) is 5.42. The van der Waals surface area contributed by atoms with Gasteiger partial charge in [0.15, 0.2) is 0 Å². The van der Waals surface area contributed by atoms with Gasteiger partial charge in [0.05, 0.1) is 5.02 Å². The minimum absolute atomic E-state index is 0.0908. The van der Waals surface area contributed by atoms with Crippen LogP contribution in [0.15, 0.2) is 36.4 Å². The van der Waals surface area contributed by atoms with Crippen LogP contribution >= 0.6 is 34.8 Å². The van der Waals surface area contributed by atoms with Crippen LogP contribution in [0, 0.1) is 5.82 Å². The van der Waals surface area contributed by atoms with Crippen molar-refractivity contribution in [2.45, 2.75) is 12.5 Å². The topological polar surface area (TPSA) is 26.0 Å². The lowest BCUT2D eigenvalue weighted by molar-refractivity contribution is 0.622. The lowest BCUT2D eigenvalue weighted by Gasteiger charge is -2.15. The molecule has 0 amide bonds. The van der Waals surface area contributed by atoms with Gasteiger partial charge >= 0.3 is 0 Å². The number of nitrogens with two attached hydrogens (primary N) is 1. The Labute approximate surface area is 126 Å².